The second-order valence-electron chi connectivity index (χ2n) is 6.94. The normalized spacial score (nSPS) is 15.7. The van der Waals surface area contributed by atoms with E-state index in [2.05, 4.69) is 10.6 Å². The van der Waals surface area contributed by atoms with Gasteiger partial charge in [-0.25, -0.2) is 0 Å². The number of hydrogen-bond acceptors (Lipinski definition) is 4. The van der Waals surface area contributed by atoms with E-state index in [0.717, 1.165) is 12.1 Å². The second kappa shape index (κ2) is 8.90. The Bertz CT molecular complexity index is 1040. The molecule has 2 aromatic rings. The molecule has 0 aliphatic heterocycles. The van der Waals surface area contributed by atoms with Crippen molar-refractivity contribution in [2.45, 2.75) is 31.5 Å². The van der Waals surface area contributed by atoms with Crippen molar-refractivity contribution in [1.29, 1.82) is 5.26 Å². The van der Waals surface area contributed by atoms with Crippen molar-refractivity contribution >= 4 is 23.1 Å². The van der Waals surface area contributed by atoms with Gasteiger partial charge in [-0.1, -0.05) is 23.7 Å². The fourth-order valence-corrected chi connectivity index (χ4v) is 3.85. The zero-order valence-corrected chi connectivity index (χ0v) is 16.9. The summed E-state index contributed by atoms with van der Waals surface area (Å²) in [5.41, 5.74) is 1.50. The molecular weight excluding hydrogens is 415 g/mol. The van der Waals surface area contributed by atoms with Gasteiger partial charge >= 0.3 is 6.18 Å². The van der Waals surface area contributed by atoms with Gasteiger partial charge in [0.25, 0.3) is 0 Å². The van der Waals surface area contributed by atoms with Crippen LogP contribution in [-0.4, -0.2) is 12.8 Å². The summed E-state index contributed by atoms with van der Waals surface area (Å²) in [6.07, 6.45) is -3.00. The molecule has 0 fully saturated rings. The second-order valence-corrected chi connectivity index (χ2v) is 7.35. The maximum atomic E-state index is 13.1. The third kappa shape index (κ3) is 4.66. The van der Waals surface area contributed by atoms with Crippen LogP contribution in [0.3, 0.4) is 0 Å². The zero-order valence-electron chi connectivity index (χ0n) is 16.1. The van der Waals surface area contributed by atoms with E-state index < -0.39 is 17.8 Å². The summed E-state index contributed by atoms with van der Waals surface area (Å²) in [7, 11) is 1.68. The maximum absolute atomic E-state index is 13.1. The van der Waals surface area contributed by atoms with Gasteiger partial charge in [-0.2, -0.15) is 18.4 Å². The molecule has 0 saturated heterocycles. The van der Waals surface area contributed by atoms with Gasteiger partial charge in [0.1, 0.15) is 0 Å². The minimum atomic E-state index is -4.46. The van der Waals surface area contributed by atoms with Crippen molar-refractivity contribution in [3.63, 3.8) is 0 Å². The smallest absolute Gasteiger partial charge is 0.358 e. The van der Waals surface area contributed by atoms with Crippen LogP contribution in [0, 0.1) is 11.3 Å². The fraction of sp³-hybridized carbons (Fsp3) is 0.273. The van der Waals surface area contributed by atoms with E-state index >= 15 is 0 Å². The lowest BCUT2D eigenvalue weighted by Crippen LogP contribution is -2.28. The molecule has 0 aromatic heterocycles. The summed E-state index contributed by atoms with van der Waals surface area (Å²) in [6.45, 7) is 0. The molecule has 1 unspecified atom stereocenters. The minimum Gasteiger partial charge on any atom is -0.358 e. The average molecular weight is 434 g/mol. The van der Waals surface area contributed by atoms with Crippen molar-refractivity contribution in [3.8, 4) is 6.07 Å². The van der Waals surface area contributed by atoms with Crippen molar-refractivity contribution in [3.05, 3.63) is 75.4 Å². The number of benzene rings is 2. The van der Waals surface area contributed by atoms with Crippen LogP contribution in [0.25, 0.3) is 0 Å². The highest BCUT2D eigenvalue weighted by atomic mass is 35.5. The lowest BCUT2D eigenvalue weighted by atomic mass is 9.86. The van der Waals surface area contributed by atoms with Crippen LogP contribution in [-0.2, 0) is 11.0 Å². The summed E-state index contributed by atoms with van der Waals surface area (Å²) in [6, 6.07) is 11.1. The van der Waals surface area contributed by atoms with E-state index in [-0.39, 0.29) is 11.5 Å². The molecule has 3 rings (SSSR count). The summed E-state index contributed by atoms with van der Waals surface area (Å²) in [4.78, 5) is 12.8. The van der Waals surface area contributed by atoms with Gasteiger partial charge in [0.2, 0.25) is 0 Å². The standard InChI is InChI=1S/C22H19ClF3N3O/c1-28-21(16-9-8-13(12-27)10-17(16)23)20-18(6-3-7-19(20)30)29-15-5-2-4-14(11-15)22(24,25)26/h2,4-5,8-11,21,28-29H,3,6-7H2,1H3. The van der Waals surface area contributed by atoms with Crippen molar-refractivity contribution in [2.75, 3.05) is 12.4 Å². The lowest BCUT2D eigenvalue weighted by molar-refractivity contribution is -0.137. The molecule has 0 heterocycles. The van der Waals surface area contributed by atoms with Gasteiger partial charge in [0, 0.05) is 28.4 Å². The van der Waals surface area contributed by atoms with E-state index in [9.17, 15) is 18.0 Å². The van der Waals surface area contributed by atoms with E-state index in [1.165, 1.54) is 18.2 Å². The molecule has 0 saturated carbocycles. The molecule has 30 heavy (non-hydrogen) atoms. The third-order valence-corrected chi connectivity index (χ3v) is 5.29. The number of allylic oxidation sites excluding steroid dienone is 1. The van der Waals surface area contributed by atoms with Crippen molar-refractivity contribution < 1.29 is 18.0 Å². The molecule has 0 spiro atoms. The average Bonchev–Trinajstić information content (AvgIpc) is 2.71. The Morgan fingerprint density at radius 3 is 2.57 bits per heavy atom. The van der Waals surface area contributed by atoms with Crippen LogP contribution in [0.5, 0.6) is 0 Å². The fourth-order valence-electron chi connectivity index (χ4n) is 3.56. The van der Waals surface area contributed by atoms with Gasteiger partial charge in [0.05, 0.1) is 23.2 Å². The third-order valence-electron chi connectivity index (χ3n) is 4.96. The largest absolute Gasteiger partial charge is 0.416 e. The number of nitriles is 1. The van der Waals surface area contributed by atoms with Crippen LogP contribution in [0.15, 0.2) is 53.7 Å². The number of ketones is 1. The molecule has 156 valence electrons. The number of Topliss-reactive ketones (excluding diaryl/α,β-unsaturated/α-hetero) is 1. The number of likely N-dealkylation sites (N-methyl/N-ethyl adjacent to an activating group) is 1. The predicted octanol–water partition coefficient (Wildman–Crippen LogP) is 5.61. The topological polar surface area (TPSA) is 64.9 Å². The Morgan fingerprint density at radius 1 is 1.17 bits per heavy atom. The number of alkyl halides is 3. The summed E-state index contributed by atoms with van der Waals surface area (Å²) >= 11 is 6.36. The monoisotopic (exact) mass is 433 g/mol. The Kier molecular flexibility index (Phi) is 6.49. The maximum Gasteiger partial charge on any atom is 0.416 e. The number of halogens is 4. The number of anilines is 1. The van der Waals surface area contributed by atoms with Gasteiger partial charge in [0.15, 0.2) is 5.78 Å². The Balaban J connectivity index is 2.04. The molecule has 1 aliphatic carbocycles. The van der Waals surface area contributed by atoms with Gasteiger partial charge in [-0.15, -0.1) is 0 Å². The first-order valence-corrected chi connectivity index (χ1v) is 9.69. The van der Waals surface area contributed by atoms with Gasteiger partial charge < -0.3 is 10.6 Å². The zero-order chi connectivity index (χ0) is 21.9. The van der Waals surface area contributed by atoms with Gasteiger partial charge in [-0.3, -0.25) is 4.79 Å². The van der Waals surface area contributed by atoms with E-state index in [1.54, 1.807) is 19.2 Å². The van der Waals surface area contributed by atoms with Gasteiger partial charge in [-0.05, 0) is 55.8 Å². The first-order chi connectivity index (χ1) is 14.2. The van der Waals surface area contributed by atoms with Crippen LogP contribution in [0.2, 0.25) is 5.02 Å². The van der Waals surface area contributed by atoms with E-state index in [0.29, 0.717) is 46.7 Å². The molecule has 2 N–H and O–H groups in total. The highest BCUT2D eigenvalue weighted by molar-refractivity contribution is 6.31. The van der Waals surface area contributed by atoms with E-state index in [4.69, 9.17) is 16.9 Å². The molecule has 1 aliphatic rings. The number of hydrogen-bond donors (Lipinski definition) is 2. The number of carbonyl (C=O) groups is 1. The summed E-state index contributed by atoms with van der Waals surface area (Å²) < 4.78 is 39.2. The molecule has 2 aromatic carbocycles. The molecular formula is C22H19ClF3N3O. The molecule has 0 radical (unpaired) electrons. The van der Waals surface area contributed by atoms with Crippen LogP contribution >= 0.6 is 11.6 Å². The molecule has 0 amide bonds. The minimum absolute atomic E-state index is 0.101. The highest BCUT2D eigenvalue weighted by Crippen LogP contribution is 2.36. The number of nitrogens with one attached hydrogen (secondary N) is 2. The van der Waals surface area contributed by atoms with Crippen molar-refractivity contribution in [2.24, 2.45) is 0 Å². The van der Waals surface area contributed by atoms with Crippen LogP contribution in [0.4, 0.5) is 18.9 Å². The van der Waals surface area contributed by atoms with Crippen LogP contribution < -0.4 is 10.6 Å². The molecule has 0 bridgehead atoms. The lowest BCUT2D eigenvalue weighted by Gasteiger charge is -2.28. The summed E-state index contributed by atoms with van der Waals surface area (Å²) in [5.74, 6) is -0.101. The Morgan fingerprint density at radius 2 is 1.93 bits per heavy atom. The van der Waals surface area contributed by atoms with Crippen molar-refractivity contribution in [1.82, 2.24) is 5.32 Å². The molecule has 8 heteroatoms. The predicted molar refractivity (Wildman–Crippen MR) is 109 cm³/mol. The molecule has 4 nitrogen and oxygen atoms in total. The Hall–Kier alpha value is -2.82. The highest BCUT2D eigenvalue weighted by Gasteiger charge is 2.32. The first-order valence-electron chi connectivity index (χ1n) is 9.32. The number of carbonyl (C=O) groups excluding carboxylic acids is 1. The SMILES string of the molecule is CNC(C1=C(Nc2cccc(C(F)(F)F)c2)CCCC1=O)c1ccc(C#N)cc1Cl. The number of nitrogens with zero attached hydrogens (tertiary/aromatic N) is 1. The number of rotatable bonds is 5. The Labute approximate surface area is 177 Å². The van der Waals surface area contributed by atoms with E-state index in [1.807, 2.05) is 6.07 Å². The quantitative estimate of drug-likeness (QED) is 0.643. The van der Waals surface area contributed by atoms with Crippen LogP contribution in [0.1, 0.15) is 42.0 Å². The first kappa shape index (κ1) is 21.9. The summed E-state index contributed by atoms with van der Waals surface area (Å²) in [5, 5.41) is 15.5. The molecule has 1 atom stereocenters.